The monoisotopic (exact) mass is 364 g/mol. The summed E-state index contributed by atoms with van der Waals surface area (Å²) < 4.78 is 23.7. The van der Waals surface area contributed by atoms with Crippen LogP contribution in [0.1, 0.15) is 51.9 Å². The highest BCUT2D eigenvalue weighted by molar-refractivity contribution is 7.91. The van der Waals surface area contributed by atoms with Crippen LogP contribution >= 0.6 is 0 Å². The van der Waals surface area contributed by atoms with Gasteiger partial charge in [0.05, 0.1) is 10.6 Å². The first-order valence-electron chi connectivity index (χ1n) is 9.41. The van der Waals surface area contributed by atoms with E-state index in [-0.39, 0.29) is 11.8 Å². The molecule has 1 heterocycles. The number of hydrogen-bond donors (Lipinski definition) is 1. The van der Waals surface area contributed by atoms with Crippen LogP contribution in [0.2, 0.25) is 0 Å². The molecule has 1 aromatic rings. The molecule has 2 fully saturated rings. The lowest BCUT2D eigenvalue weighted by molar-refractivity contribution is 0.166. The number of benzene rings is 1. The molecule has 6 heteroatoms. The normalized spacial score (nSPS) is 22.1. The fourth-order valence-corrected chi connectivity index (χ4v) is 5.05. The van der Waals surface area contributed by atoms with Gasteiger partial charge in [-0.3, -0.25) is 0 Å². The van der Waals surface area contributed by atoms with E-state index in [2.05, 4.69) is 5.32 Å². The van der Waals surface area contributed by atoms with E-state index < -0.39 is 9.84 Å². The minimum atomic E-state index is -3.21. The van der Waals surface area contributed by atoms with Crippen LogP contribution in [0, 0.1) is 5.92 Å². The number of nitrogens with one attached hydrogen (secondary N) is 1. The molecule has 1 aliphatic heterocycles. The molecule has 1 unspecified atom stereocenters. The van der Waals surface area contributed by atoms with Crippen molar-refractivity contribution in [1.82, 2.24) is 4.90 Å². The average molecular weight is 365 g/mol. The lowest BCUT2D eigenvalue weighted by Crippen LogP contribution is -2.43. The van der Waals surface area contributed by atoms with Gasteiger partial charge in [-0.2, -0.15) is 0 Å². The lowest BCUT2D eigenvalue weighted by atomic mass is 9.83. The highest BCUT2D eigenvalue weighted by Crippen LogP contribution is 2.34. The number of nitrogens with zero attached hydrogens (tertiary/aromatic N) is 1. The summed E-state index contributed by atoms with van der Waals surface area (Å²) in [5.74, 6) is 0.717. The van der Waals surface area contributed by atoms with Gasteiger partial charge in [0, 0.05) is 18.3 Å². The quantitative estimate of drug-likeness (QED) is 0.876. The van der Waals surface area contributed by atoms with Crippen LogP contribution < -0.4 is 5.32 Å². The van der Waals surface area contributed by atoms with Crippen LogP contribution in [0.25, 0.3) is 0 Å². The second-order valence-corrected chi connectivity index (χ2v) is 9.44. The van der Waals surface area contributed by atoms with Gasteiger partial charge in [0.2, 0.25) is 0 Å². The van der Waals surface area contributed by atoms with Gasteiger partial charge in [0.1, 0.15) is 0 Å². The minimum absolute atomic E-state index is 0.0563. The van der Waals surface area contributed by atoms with Crippen LogP contribution in [0.15, 0.2) is 29.2 Å². The Kier molecular flexibility index (Phi) is 5.67. The van der Waals surface area contributed by atoms with Crippen molar-refractivity contribution < 1.29 is 13.2 Å². The Morgan fingerprint density at radius 2 is 1.76 bits per heavy atom. The maximum absolute atomic E-state index is 12.7. The number of urea groups is 1. The molecule has 1 aliphatic carbocycles. The number of sulfone groups is 1. The molecule has 138 valence electrons. The van der Waals surface area contributed by atoms with Crippen molar-refractivity contribution in [2.24, 2.45) is 5.92 Å². The molecule has 0 spiro atoms. The zero-order valence-electron chi connectivity index (χ0n) is 14.9. The Morgan fingerprint density at radius 3 is 2.40 bits per heavy atom. The number of carbonyl (C=O) groups excluding carboxylic acids is 1. The molecule has 0 bridgehead atoms. The van der Waals surface area contributed by atoms with Crippen molar-refractivity contribution >= 4 is 21.6 Å². The van der Waals surface area contributed by atoms with Gasteiger partial charge < -0.3 is 10.2 Å². The smallest absolute Gasteiger partial charge is 0.321 e. The van der Waals surface area contributed by atoms with E-state index in [4.69, 9.17) is 0 Å². The standard InChI is InChI=1S/C19H28N2O3S/c1-2-25(23,24)17-12-10-16(11-13-17)20-19(22)21-14-6-9-18(21)15-7-4-3-5-8-15/h10-13,15,18H,2-9,14H2,1H3,(H,20,22). The maximum Gasteiger partial charge on any atom is 0.322 e. The predicted octanol–water partition coefficient (Wildman–Crippen LogP) is 4.06. The first-order valence-corrected chi connectivity index (χ1v) is 11.1. The van der Waals surface area contributed by atoms with E-state index >= 15 is 0 Å². The van der Waals surface area contributed by atoms with Crippen molar-refractivity contribution in [2.45, 2.75) is 62.8 Å². The Hall–Kier alpha value is -1.56. The summed E-state index contributed by atoms with van der Waals surface area (Å²) in [5, 5.41) is 2.94. The Balaban J connectivity index is 1.65. The van der Waals surface area contributed by atoms with Crippen molar-refractivity contribution in [3.63, 3.8) is 0 Å². The van der Waals surface area contributed by atoms with Crippen molar-refractivity contribution in [3.8, 4) is 0 Å². The first kappa shape index (κ1) is 18.2. The zero-order chi connectivity index (χ0) is 17.9. The third-order valence-electron chi connectivity index (χ3n) is 5.60. The molecule has 1 saturated carbocycles. The molecule has 25 heavy (non-hydrogen) atoms. The summed E-state index contributed by atoms with van der Waals surface area (Å²) in [4.78, 5) is 15.0. The van der Waals surface area contributed by atoms with Crippen LogP contribution in [-0.2, 0) is 9.84 Å². The van der Waals surface area contributed by atoms with Crippen LogP contribution in [0.5, 0.6) is 0 Å². The zero-order valence-corrected chi connectivity index (χ0v) is 15.7. The third-order valence-corrected chi connectivity index (χ3v) is 7.35. The predicted molar refractivity (Wildman–Crippen MR) is 99.5 cm³/mol. The summed E-state index contributed by atoms with van der Waals surface area (Å²) in [7, 11) is -3.21. The molecule has 1 aromatic carbocycles. The number of anilines is 1. The van der Waals surface area contributed by atoms with Gasteiger partial charge in [-0.15, -0.1) is 0 Å². The fourth-order valence-electron chi connectivity index (χ4n) is 4.16. The lowest BCUT2D eigenvalue weighted by Gasteiger charge is -2.34. The van der Waals surface area contributed by atoms with Crippen LogP contribution in [-0.4, -0.2) is 37.7 Å². The van der Waals surface area contributed by atoms with E-state index in [9.17, 15) is 13.2 Å². The van der Waals surface area contributed by atoms with Gasteiger partial charge in [-0.05, 0) is 55.9 Å². The van der Waals surface area contributed by atoms with Gasteiger partial charge in [-0.1, -0.05) is 26.2 Å². The number of rotatable bonds is 4. The molecule has 2 aliphatic rings. The Bertz CT molecular complexity index is 694. The molecule has 1 atom stereocenters. The summed E-state index contributed by atoms with van der Waals surface area (Å²) in [6.45, 7) is 2.44. The third kappa shape index (κ3) is 4.17. The van der Waals surface area contributed by atoms with Crippen LogP contribution in [0.3, 0.4) is 0 Å². The molecule has 3 rings (SSSR count). The summed E-state index contributed by atoms with van der Waals surface area (Å²) in [6, 6.07) is 6.78. The summed E-state index contributed by atoms with van der Waals surface area (Å²) >= 11 is 0. The van der Waals surface area contributed by atoms with Crippen LogP contribution in [0.4, 0.5) is 10.5 Å². The highest BCUT2D eigenvalue weighted by atomic mass is 32.2. The van der Waals surface area contributed by atoms with E-state index in [1.54, 1.807) is 31.2 Å². The number of amides is 2. The highest BCUT2D eigenvalue weighted by Gasteiger charge is 2.35. The maximum atomic E-state index is 12.7. The van der Waals surface area contributed by atoms with Crippen molar-refractivity contribution in [1.29, 1.82) is 0 Å². The number of carbonyl (C=O) groups is 1. The van der Waals surface area contributed by atoms with Crippen molar-refractivity contribution in [3.05, 3.63) is 24.3 Å². The van der Waals surface area contributed by atoms with Gasteiger partial charge >= 0.3 is 6.03 Å². The molecule has 1 N–H and O–H groups in total. The van der Waals surface area contributed by atoms with Gasteiger partial charge in [0.15, 0.2) is 9.84 Å². The van der Waals surface area contributed by atoms with E-state index in [0.717, 1.165) is 19.4 Å². The average Bonchev–Trinajstić information content (AvgIpc) is 3.13. The van der Waals surface area contributed by atoms with Crippen molar-refractivity contribution in [2.75, 3.05) is 17.6 Å². The molecule has 1 saturated heterocycles. The Morgan fingerprint density at radius 1 is 1.08 bits per heavy atom. The molecular weight excluding hydrogens is 336 g/mol. The molecule has 0 radical (unpaired) electrons. The largest absolute Gasteiger partial charge is 0.322 e. The second-order valence-electron chi connectivity index (χ2n) is 7.16. The number of hydrogen-bond acceptors (Lipinski definition) is 3. The summed E-state index contributed by atoms with van der Waals surface area (Å²) in [5.41, 5.74) is 0.648. The fraction of sp³-hybridized carbons (Fsp3) is 0.632. The summed E-state index contributed by atoms with van der Waals surface area (Å²) in [6.07, 6.45) is 8.53. The molecule has 0 aromatic heterocycles. The van der Waals surface area contributed by atoms with Gasteiger partial charge in [0.25, 0.3) is 0 Å². The first-order chi connectivity index (χ1) is 12.0. The SMILES string of the molecule is CCS(=O)(=O)c1ccc(NC(=O)N2CCCC2C2CCCCC2)cc1. The number of likely N-dealkylation sites (tertiary alicyclic amines) is 1. The molecular formula is C19H28N2O3S. The molecule has 2 amide bonds. The van der Waals surface area contributed by atoms with E-state index in [1.807, 2.05) is 4.90 Å². The van der Waals surface area contributed by atoms with Gasteiger partial charge in [-0.25, -0.2) is 13.2 Å². The second kappa shape index (κ2) is 7.77. The van der Waals surface area contributed by atoms with E-state index in [1.165, 1.54) is 32.1 Å². The topological polar surface area (TPSA) is 66.5 Å². The molecule has 5 nitrogen and oxygen atoms in total. The minimum Gasteiger partial charge on any atom is -0.321 e. The Labute approximate surface area is 150 Å². The van der Waals surface area contributed by atoms with E-state index in [0.29, 0.717) is 22.5 Å².